The number of piperidine rings is 1. The monoisotopic (exact) mass is 334 g/mol. The summed E-state index contributed by atoms with van der Waals surface area (Å²) in [7, 11) is 0. The van der Waals surface area contributed by atoms with Gasteiger partial charge in [0.05, 0.1) is 12.5 Å². The number of nitrogens with one attached hydrogen (secondary N) is 1. The second-order valence-electron chi connectivity index (χ2n) is 7.30. The number of furan rings is 1. The van der Waals surface area contributed by atoms with Crippen LogP contribution in [0.25, 0.3) is 0 Å². The molecule has 24 heavy (non-hydrogen) atoms. The summed E-state index contributed by atoms with van der Waals surface area (Å²) in [6.45, 7) is 4.76. The van der Waals surface area contributed by atoms with Crippen LogP contribution in [0.4, 0.5) is 0 Å². The smallest absolute Gasteiger partial charge is 0.225 e. The van der Waals surface area contributed by atoms with Gasteiger partial charge < -0.3 is 19.7 Å². The van der Waals surface area contributed by atoms with E-state index in [1.165, 1.54) is 0 Å². The van der Waals surface area contributed by atoms with Crippen molar-refractivity contribution < 1.29 is 19.1 Å². The minimum Gasteiger partial charge on any atom is -0.463 e. The zero-order valence-corrected chi connectivity index (χ0v) is 14.4. The van der Waals surface area contributed by atoms with Crippen molar-refractivity contribution in [2.75, 3.05) is 19.6 Å². The molecule has 2 atom stereocenters. The Labute approximate surface area is 142 Å². The molecule has 1 aromatic heterocycles. The van der Waals surface area contributed by atoms with Crippen molar-refractivity contribution in [3.05, 3.63) is 23.7 Å². The fourth-order valence-corrected chi connectivity index (χ4v) is 3.19. The molecule has 6 heteroatoms. The number of rotatable bonds is 5. The van der Waals surface area contributed by atoms with Crippen molar-refractivity contribution in [2.24, 2.45) is 11.8 Å². The van der Waals surface area contributed by atoms with Crippen LogP contribution in [0.3, 0.4) is 0 Å². The quantitative estimate of drug-likeness (QED) is 0.856. The van der Waals surface area contributed by atoms with Gasteiger partial charge in [0.1, 0.15) is 17.1 Å². The van der Waals surface area contributed by atoms with E-state index < -0.39 is 5.60 Å². The average Bonchev–Trinajstić information content (AvgIpc) is 3.32. The summed E-state index contributed by atoms with van der Waals surface area (Å²) in [6, 6.07) is 3.51. The molecule has 0 radical (unpaired) electrons. The Morgan fingerprint density at radius 2 is 2.08 bits per heavy atom. The molecule has 1 aliphatic heterocycles. The lowest BCUT2D eigenvalue weighted by Crippen LogP contribution is -2.48. The maximum Gasteiger partial charge on any atom is 0.225 e. The summed E-state index contributed by atoms with van der Waals surface area (Å²) < 4.78 is 5.45. The first-order valence-electron chi connectivity index (χ1n) is 8.72. The van der Waals surface area contributed by atoms with Crippen molar-refractivity contribution >= 4 is 11.8 Å². The van der Waals surface area contributed by atoms with Crippen molar-refractivity contribution in [1.29, 1.82) is 0 Å². The summed E-state index contributed by atoms with van der Waals surface area (Å²) in [5.74, 6) is 1.25. The van der Waals surface area contributed by atoms with Gasteiger partial charge in [0.15, 0.2) is 0 Å². The van der Waals surface area contributed by atoms with Crippen molar-refractivity contribution in [3.8, 4) is 0 Å². The number of carbonyl (C=O) groups is 2. The lowest BCUT2D eigenvalue weighted by molar-refractivity contribution is -0.137. The lowest BCUT2D eigenvalue weighted by atomic mass is 9.96. The van der Waals surface area contributed by atoms with Crippen LogP contribution < -0.4 is 5.32 Å². The predicted molar refractivity (Wildman–Crippen MR) is 88.1 cm³/mol. The molecule has 132 valence electrons. The van der Waals surface area contributed by atoms with Crippen LogP contribution in [0.2, 0.25) is 0 Å². The molecule has 1 saturated heterocycles. The molecule has 1 saturated carbocycles. The van der Waals surface area contributed by atoms with Crippen LogP contribution >= 0.6 is 0 Å². The minimum atomic E-state index is -1.25. The van der Waals surface area contributed by atoms with Gasteiger partial charge in [0, 0.05) is 19.0 Å². The number of carbonyl (C=O) groups excluding carboxylic acids is 2. The number of likely N-dealkylation sites (tertiary alicyclic amines) is 1. The maximum absolute atomic E-state index is 12.4. The van der Waals surface area contributed by atoms with E-state index in [0.717, 1.165) is 38.0 Å². The molecule has 2 fully saturated rings. The molecule has 0 bridgehead atoms. The summed E-state index contributed by atoms with van der Waals surface area (Å²) in [4.78, 5) is 26.5. The fourth-order valence-electron chi connectivity index (χ4n) is 3.19. The van der Waals surface area contributed by atoms with E-state index in [1.807, 2.05) is 11.8 Å². The van der Waals surface area contributed by atoms with Crippen molar-refractivity contribution in [2.45, 2.75) is 45.1 Å². The van der Waals surface area contributed by atoms with Gasteiger partial charge in [-0.25, -0.2) is 0 Å². The van der Waals surface area contributed by atoms with E-state index in [-0.39, 0.29) is 30.2 Å². The summed E-state index contributed by atoms with van der Waals surface area (Å²) >= 11 is 0. The molecule has 2 amide bonds. The summed E-state index contributed by atoms with van der Waals surface area (Å²) in [5.41, 5.74) is -1.25. The SMILES string of the molecule is Cc1ccc(C(C)(O)CNC(=O)C2CCCN(C(=O)C3CC3)C2)o1. The predicted octanol–water partition coefficient (Wildman–Crippen LogP) is 1.56. The highest BCUT2D eigenvalue weighted by Gasteiger charge is 2.37. The molecule has 0 spiro atoms. The first-order valence-corrected chi connectivity index (χ1v) is 8.72. The molecule has 0 aromatic carbocycles. The van der Waals surface area contributed by atoms with Crippen molar-refractivity contribution in [3.63, 3.8) is 0 Å². The largest absolute Gasteiger partial charge is 0.463 e. The maximum atomic E-state index is 12.4. The van der Waals surface area contributed by atoms with Crippen LogP contribution in [-0.2, 0) is 15.2 Å². The number of amides is 2. The first-order chi connectivity index (χ1) is 11.4. The van der Waals surface area contributed by atoms with E-state index >= 15 is 0 Å². The summed E-state index contributed by atoms with van der Waals surface area (Å²) in [5, 5.41) is 13.3. The normalized spacial score (nSPS) is 23.6. The molecule has 2 N–H and O–H groups in total. The highest BCUT2D eigenvalue weighted by molar-refractivity contribution is 5.83. The molecule has 1 aromatic rings. The Hall–Kier alpha value is -1.82. The first kappa shape index (κ1) is 17.0. The molecular formula is C18H26N2O4. The number of aliphatic hydroxyl groups is 1. The van der Waals surface area contributed by atoms with Crippen LogP contribution in [-0.4, -0.2) is 41.5 Å². The second kappa shape index (κ2) is 6.59. The van der Waals surface area contributed by atoms with Gasteiger partial charge in [-0.05, 0) is 51.7 Å². The Morgan fingerprint density at radius 1 is 1.33 bits per heavy atom. The van der Waals surface area contributed by atoms with Gasteiger partial charge in [-0.3, -0.25) is 9.59 Å². The highest BCUT2D eigenvalue weighted by atomic mass is 16.4. The highest BCUT2D eigenvalue weighted by Crippen LogP contribution is 2.32. The zero-order valence-electron chi connectivity index (χ0n) is 14.4. The second-order valence-corrected chi connectivity index (χ2v) is 7.30. The number of hydrogen-bond donors (Lipinski definition) is 2. The van der Waals surface area contributed by atoms with E-state index in [2.05, 4.69) is 5.32 Å². The Balaban J connectivity index is 1.53. The Kier molecular flexibility index (Phi) is 4.67. The van der Waals surface area contributed by atoms with E-state index in [1.54, 1.807) is 19.1 Å². The van der Waals surface area contributed by atoms with E-state index in [9.17, 15) is 14.7 Å². The van der Waals surface area contributed by atoms with Crippen LogP contribution in [0.5, 0.6) is 0 Å². The molecule has 3 rings (SSSR count). The minimum absolute atomic E-state index is 0.0891. The molecule has 2 heterocycles. The van der Waals surface area contributed by atoms with Crippen LogP contribution in [0.15, 0.2) is 16.5 Å². The van der Waals surface area contributed by atoms with Gasteiger partial charge in [0.2, 0.25) is 11.8 Å². The standard InChI is InChI=1S/C18H26N2O4/c1-12-5-8-15(24-12)18(2,23)11-19-16(21)14-4-3-9-20(10-14)17(22)13-6-7-13/h5,8,13-14,23H,3-4,6-7,9-11H2,1-2H3,(H,19,21). The number of hydrogen-bond acceptors (Lipinski definition) is 4. The Bertz CT molecular complexity index is 618. The third-order valence-corrected chi connectivity index (χ3v) is 4.91. The van der Waals surface area contributed by atoms with Gasteiger partial charge >= 0.3 is 0 Å². The average molecular weight is 334 g/mol. The molecular weight excluding hydrogens is 308 g/mol. The van der Waals surface area contributed by atoms with Crippen LogP contribution in [0.1, 0.15) is 44.1 Å². The molecule has 2 aliphatic rings. The number of aryl methyl sites for hydroxylation is 1. The van der Waals surface area contributed by atoms with Gasteiger partial charge in [-0.1, -0.05) is 0 Å². The Morgan fingerprint density at radius 3 is 2.71 bits per heavy atom. The van der Waals surface area contributed by atoms with Crippen molar-refractivity contribution in [1.82, 2.24) is 10.2 Å². The van der Waals surface area contributed by atoms with Crippen LogP contribution in [0, 0.1) is 18.8 Å². The van der Waals surface area contributed by atoms with Gasteiger partial charge in [-0.2, -0.15) is 0 Å². The summed E-state index contributed by atoms with van der Waals surface area (Å²) in [6.07, 6.45) is 3.60. The third-order valence-electron chi connectivity index (χ3n) is 4.91. The van der Waals surface area contributed by atoms with Gasteiger partial charge in [0.25, 0.3) is 0 Å². The van der Waals surface area contributed by atoms with E-state index in [4.69, 9.17) is 4.42 Å². The molecule has 6 nitrogen and oxygen atoms in total. The topological polar surface area (TPSA) is 82.8 Å². The fraction of sp³-hybridized carbons (Fsp3) is 0.667. The zero-order chi connectivity index (χ0) is 17.3. The molecule has 1 aliphatic carbocycles. The number of nitrogens with zero attached hydrogens (tertiary/aromatic N) is 1. The van der Waals surface area contributed by atoms with Gasteiger partial charge in [-0.15, -0.1) is 0 Å². The third kappa shape index (κ3) is 3.80. The van der Waals surface area contributed by atoms with E-state index in [0.29, 0.717) is 12.3 Å². The lowest BCUT2D eigenvalue weighted by Gasteiger charge is -2.32. The molecule has 2 unspecified atom stereocenters.